The Hall–Kier alpha value is -2.69. The molecule has 0 aliphatic rings. The van der Waals surface area contributed by atoms with Gasteiger partial charge >= 0.3 is 0 Å². The Morgan fingerprint density at radius 1 is 1.12 bits per heavy atom. The first kappa shape index (κ1) is 18.6. The molecule has 2 aromatic rings. The summed E-state index contributed by atoms with van der Waals surface area (Å²) in [5.41, 5.74) is 1.89. The second-order valence-corrected chi connectivity index (χ2v) is 6.23. The highest BCUT2D eigenvalue weighted by Gasteiger charge is 2.20. The molecule has 0 unspecified atom stereocenters. The van der Waals surface area contributed by atoms with E-state index in [4.69, 9.17) is 0 Å². The Bertz CT molecular complexity index is 714. The van der Waals surface area contributed by atoms with Gasteiger partial charge in [-0.05, 0) is 31.9 Å². The monoisotopic (exact) mass is 339 g/mol. The minimum atomic E-state index is -0.205. The van der Waals surface area contributed by atoms with E-state index in [9.17, 15) is 9.59 Å². The molecule has 5 nitrogen and oxygen atoms in total. The highest BCUT2D eigenvalue weighted by atomic mass is 16.2. The summed E-state index contributed by atoms with van der Waals surface area (Å²) in [6.07, 6.45) is 3.86. The second-order valence-electron chi connectivity index (χ2n) is 6.23. The smallest absolute Gasteiger partial charge is 0.255 e. The van der Waals surface area contributed by atoms with Crippen molar-refractivity contribution in [1.29, 1.82) is 0 Å². The van der Waals surface area contributed by atoms with Crippen LogP contribution in [-0.2, 0) is 6.54 Å². The van der Waals surface area contributed by atoms with Gasteiger partial charge in [0, 0.05) is 31.5 Å². The Balaban J connectivity index is 2.20. The lowest BCUT2D eigenvalue weighted by atomic mass is 10.1. The van der Waals surface area contributed by atoms with Gasteiger partial charge in [0.1, 0.15) is 0 Å². The average molecular weight is 339 g/mol. The van der Waals surface area contributed by atoms with Gasteiger partial charge < -0.3 is 10.2 Å². The van der Waals surface area contributed by atoms with Gasteiger partial charge in [-0.2, -0.15) is 0 Å². The molecular weight excluding hydrogens is 314 g/mol. The Labute approximate surface area is 149 Å². The molecule has 0 saturated heterocycles. The van der Waals surface area contributed by atoms with E-state index in [2.05, 4.69) is 10.3 Å². The van der Waals surface area contributed by atoms with Crippen molar-refractivity contribution in [3.63, 3.8) is 0 Å². The van der Waals surface area contributed by atoms with Gasteiger partial charge in [-0.25, -0.2) is 0 Å². The zero-order chi connectivity index (χ0) is 18.2. The van der Waals surface area contributed by atoms with Gasteiger partial charge in [-0.3, -0.25) is 14.6 Å². The van der Waals surface area contributed by atoms with Crippen molar-refractivity contribution in [3.8, 4) is 0 Å². The van der Waals surface area contributed by atoms with Crippen LogP contribution in [0.4, 0.5) is 0 Å². The van der Waals surface area contributed by atoms with E-state index in [-0.39, 0.29) is 17.9 Å². The number of hydrogen-bond acceptors (Lipinski definition) is 3. The maximum absolute atomic E-state index is 12.9. The van der Waals surface area contributed by atoms with E-state index in [0.29, 0.717) is 24.2 Å². The van der Waals surface area contributed by atoms with Crippen molar-refractivity contribution in [2.45, 2.75) is 39.8 Å². The van der Waals surface area contributed by atoms with Crippen LogP contribution < -0.4 is 5.32 Å². The summed E-state index contributed by atoms with van der Waals surface area (Å²) in [5, 5.41) is 2.80. The molecule has 0 radical (unpaired) electrons. The van der Waals surface area contributed by atoms with Crippen LogP contribution in [0.3, 0.4) is 0 Å². The topological polar surface area (TPSA) is 62.3 Å². The standard InChI is InChI=1S/C20H25N3O2/c1-4-10-22-19(24)17-11-18(13-21-12-17)20(25)23(15(2)3)14-16-8-6-5-7-9-16/h5-9,11-13,15H,4,10,14H2,1-3H3,(H,22,24). The molecule has 2 amide bonds. The number of carbonyl (C=O) groups is 2. The summed E-state index contributed by atoms with van der Waals surface area (Å²) in [7, 11) is 0. The third-order valence-corrected chi connectivity index (χ3v) is 3.86. The molecule has 0 bridgehead atoms. The van der Waals surface area contributed by atoms with Crippen LogP contribution in [0.2, 0.25) is 0 Å². The molecule has 1 N–H and O–H groups in total. The minimum Gasteiger partial charge on any atom is -0.352 e. The zero-order valence-electron chi connectivity index (χ0n) is 15.0. The molecule has 1 heterocycles. The van der Waals surface area contributed by atoms with Crippen molar-refractivity contribution in [2.24, 2.45) is 0 Å². The van der Waals surface area contributed by atoms with Crippen LogP contribution in [0.25, 0.3) is 0 Å². The normalized spacial score (nSPS) is 10.6. The number of amides is 2. The number of benzene rings is 1. The number of carbonyl (C=O) groups excluding carboxylic acids is 2. The SMILES string of the molecule is CCCNC(=O)c1cncc(C(=O)N(Cc2ccccc2)C(C)C)c1. The third kappa shape index (κ3) is 5.14. The fraction of sp³-hybridized carbons (Fsp3) is 0.350. The summed E-state index contributed by atoms with van der Waals surface area (Å²) < 4.78 is 0. The Morgan fingerprint density at radius 3 is 2.44 bits per heavy atom. The number of rotatable bonds is 7. The molecule has 0 fully saturated rings. The lowest BCUT2D eigenvalue weighted by Crippen LogP contribution is -2.36. The maximum atomic E-state index is 12.9. The van der Waals surface area contributed by atoms with E-state index < -0.39 is 0 Å². The first-order chi connectivity index (χ1) is 12.0. The number of hydrogen-bond donors (Lipinski definition) is 1. The van der Waals surface area contributed by atoms with E-state index in [1.807, 2.05) is 51.1 Å². The van der Waals surface area contributed by atoms with Crippen LogP contribution in [-0.4, -0.2) is 34.3 Å². The second kappa shape index (κ2) is 8.97. The number of nitrogens with zero attached hydrogens (tertiary/aromatic N) is 2. The number of aromatic nitrogens is 1. The summed E-state index contributed by atoms with van der Waals surface area (Å²) in [6, 6.07) is 11.5. The van der Waals surface area contributed by atoms with Crippen LogP contribution in [0.15, 0.2) is 48.8 Å². The number of pyridine rings is 1. The van der Waals surface area contributed by atoms with Gasteiger partial charge in [0.25, 0.3) is 11.8 Å². The van der Waals surface area contributed by atoms with Crippen molar-refractivity contribution in [1.82, 2.24) is 15.2 Å². The van der Waals surface area contributed by atoms with Crippen molar-refractivity contribution < 1.29 is 9.59 Å². The lowest BCUT2D eigenvalue weighted by molar-refractivity contribution is 0.0690. The van der Waals surface area contributed by atoms with E-state index in [1.54, 1.807) is 11.0 Å². The predicted octanol–water partition coefficient (Wildman–Crippen LogP) is 3.27. The van der Waals surface area contributed by atoms with Crippen LogP contribution in [0.1, 0.15) is 53.5 Å². The number of nitrogens with one attached hydrogen (secondary N) is 1. The molecule has 1 aromatic heterocycles. The van der Waals surface area contributed by atoms with Crippen molar-refractivity contribution >= 4 is 11.8 Å². The fourth-order valence-electron chi connectivity index (χ4n) is 2.46. The van der Waals surface area contributed by atoms with E-state index in [0.717, 1.165) is 12.0 Å². The molecule has 0 spiro atoms. The van der Waals surface area contributed by atoms with Gasteiger partial charge in [-0.1, -0.05) is 37.3 Å². The van der Waals surface area contributed by atoms with Gasteiger partial charge in [0.15, 0.2) is 0 Å². The first-order valence-corrected chi connectivity index (χ1v) is 8.61. The largest absolute Gasteiger partial charge is 0.352 e. The molecule has 132 valence electrons. The predicted molar refractivity (Wildman–Crippen MR) is 98.3 cm³/mol. The summed E-state index contributed by atoms with van der Waals surface area (Å²) in [6.45, 7) is 7.06. The molecule has 0 saturated carbocycles. The molecule has 5 heteroatoms. The molecular formula is C20H25N3O2. The molecule has 0 aliphatic carbocycles. The molecule has 2 rings (SSSR count). The lowest BCUT2D eigenvalue weighted by Gasteiger charge is -2.27. The van der Waals surface area contributed by atoms with Crippen LogP contribution >= 0.6 is 0 Å². The highest BCUT2D eigenvalue weighted by Crippen LogP contribution is 2.14. The fourth-order valence-corrected chi connectivity index (χ4v) is 2.46. The third-order valence-electron chi connectivity index (χ3n) is 3.86. The Morgan fingerprint density at radius 2 is 1.80 bits per heavy atom. The Kier molecular flexibility index (Phi) is 6.69. The van der Waals surface area contributed by atoms with Gasteiger partial charge in [0.2, 0.25) is 0 Å². The summed E-state index contributed by atoms with van der Waals surface area (Å²) >= 11 is 0. The van der Waals surface area contributed by atoms with E-state index in [1.165, 1.54) is 12.4 Å². The van der Waals surface area contributed by atoms with Crippen LogP contribution in [0.5, 0.6) is 0 Å². The highest BCUT2D eigenvalue weighted by molar-refractivity contribution is 5.99. The summed E-state index contributed by atoms with van der Waals surface area (Å²) in [4.78, 5) is 30.9. The van der Waals surface area contributed by atoms with Gasteiger partial charge in [-0.15, -0.1) is 0 Å². The van der Waals surface area contributed by atoms with E-state index >= 15 is 0 Å². The van der Waals surface area contributed by atoms with Crippen LogP contribution in [0, 0.1) is 0 Å². The zero-order valence-corrected chi connectivity index (χ0v) is 15.0. The van der Waals surface area contributed by atoms with Crippen molar-refractivity contribution in [3.05, 3.63) is 65.5 Å². The quantitative estimate of drug-likeness (QED) is 0.842. The first-order valence-electron chi connectivity index (χ1n) is 8.61. The van der Waals surface area contributed by atoms with Crippen molar-refractivity contribution in [2.75, 3.05) is 6.54 Å². The average Bonchev–Trinajstić information content (AvgIpc) is 2.64. The molecule has 0 aliphatic heterocycles. The summed E-state index contributed by atoms with van der Waals surface area (Å²) in [5.74, 6) is -0.334. The molecule has 1 aromatic carbocycles. The molecule has 25 heavy (non-hydrogen) atoms. The van der Waals surface area contributed by atoms with Gasteiger partial charge in [0.05, 0.1) is 11.1 Å². The maximum Gasteiger partial charge on any atom is 0.255 e. The minimum absolute atomic E-state index is 0.0327. The molecule has 0 atom stereocenters.